The quantitative estimate of drug-likeness (QED) is 0.260. The monoisotopic (exact) mass is 318 g/mol. The highest BCUT2D eigenvalue weighted by molar-refractivity contribution is 7.88. The van der Waals surface area contributed by atoms with Gasteiger partial charge in [0.15, 0.2) is 5.96 Å². The molecule has 124 valence electrons. The number of nitrogens with one attached hydrogen (secondary N) is 2. The number of hydrogen-bond acceptors (Lipinski definition) is 3. The Morgan fingerprint density at radius 2 is 1.95 bits per heavy atom. The molecule has 0 atom stereocenters. The molecule has 2 N–H and O–H groups in total. The zero-order chi connectivity index (χ0) is 16.1. The van der Waals surface area contributed by atoms with Crippen LogP contribution < -0.4 is 10.0 Å². The molecule has 0 aromatic rings. The molecule has 0 radical (unpaired) electrons. The highest BCUT2D eigenvalue weighted by atomic mass is 32.2. The number of aliphatic imine (C=N–C) groups is 1. The lowest BCUT2D eigenvalue weighted by Gasteiger charge is -2.22. The van der Waals surface area contributed by atoms with Gasteiger partial charge in [-0.25, -0.2) is 13.1 Å². The first kappa shape index (κ1) is 19.9. The maximum Gasteiger partial charge on any atom is 0.208 e. The molecule has 0 spiro atoms. The summed E-state index contributed by atoms with van der Waals surface area (Å²) in [5.41, 5.74) is 0. The van der Waals surface area contributed by atoms with Gasteiger partial charge in [-0.15, -0.1) is 6.58 Å². The molecule has 0 aromatic heterocycles. The van der Waals surface area contributed by atoms with Crippen molar-refractivity contribution < 1.29 is 8.42 Å². The van der Waals surface area contributed by atoms with Gasteiger partial charge in [0.25, 0.3) is 0 Å². The van der Waals surface area contributed by atoms with Crippen molar-refractivity contribution in [2.75, 3.05) is 40.0 Å². The Morgan fingerprint density at radius 1 is 1.24 bits per heavy atom. The minimum absolute atomic E-state index is 0.439. The second-order valence-corrected chi connectivity index (χ2v) is 6.89. The van der Waals surface area contributed by atoms with Gasteiger partial charge in [0.1, 0.15) is 0 Å². The third kappa shape index (κ3) is 12.4. The van der Waals surface area contributed by atoms with E-state index in [2.05, 4.69) is 26.5 Å². The Morgan fingerprint density at radius 3 is 2.52 bits per heavy atom. The van der Waals surface area contributed by atoms with E-state index in [9.17, 15) is 8.42 Å². The van der Waals surface area contributed by atoms with Crippen LogP contribution in [0.15, 0.2) is 17.6 Å². The van der Waals surface area contributed by atoms with Crippen LogP contribution in [-0.2, 0) is 10.0 Å². The summed E-state index contributed by atoms with van der Waals surface area (Å²) in [6.45, 7) is 5.80. The minimum Gasteiger partial charge on any atom is -0.356 e. The van der Waals surface area contributed by atoms with Gasteiger partial charge < -0.3 is 10.2 Å². The van der Waals surface area contributed by atoms with Crippen LogP contribution in [0, 0.1) is 0 Å². The highest BCUT2D eigenvalue weighted by Crippen LogP contribution is 2.01. The molecular weight excluding hydrogens is 288 g/mol. The third-order valence-corrected chi connectivity index (χ3v) is 3.70. The van der Waals surface area contributed by atoms with Crippen molar-refractivity contribution in [2.45, 2.75) is 32.1 Å². The van der Waals surface area contributed by atoms with Crippen LogP contribution >= 0.6 is 0 Å². The number of rotatable bonds is 11. The van der Waals surface area contributed by atoms with E-state index in [1.165, 1.54) is 19.1 Å². The number of hydrogen-bond donors (Lipinski definition) is 2. The van der Waals surface area contributed by atoms with E-state index in [0.717, 1.165) is 31.8 Å². The van der Waals surface area contributed by atoms with Gasteiger partial charge in [-0.05, 0) is 25.7 Å². The molecule has 0 fully saturated rings. The number of sulfonamides is 1. The highest BCUT2D eigenvalue weighted by Gasteiger charge is 2.05. The van der Waals surface area contributed by atoms with E-state index in [1.807, 2.05) is 13.1 Å². The summed E-state index contributed by atoms with van der Waals surface area (Å²) < 4.78 is 24.3. The Balaban J connectivity index is 3.80. The van der Waals surface area contributed by atoms with Crippen LogP contribution in [0.3, 0.4) is 0 Å². The average Bonchev–Trinajstić information content (AvgIpc) is 2.41. The molecule has 0 amide bonds. The molecule has 6 nitrogen and oxygen atoms in total. The van der Waals surface area contributed by atoms with Crippen molar-refractivity contribution in [3.05, 3.63) is 12.7 Å². The van der Waals surface area contributed by atoms with Crippen molar-refractivity contribution in [2.24, 2.45) is 4.99 Å². The Labute approximate surface area is 129 Å². The molecule has 0 aliphatic rings. The first-order chi connectivity index (χ1) is 9.90. The average molecular weight is 318 g/mol. The molecule has 0 bridgehead atoms. The Bertz CT molecular complexity index is 407. The normalized spacial score (nSPS) is 12.2. The van der Waals surface area contributed by atoms with Gasteiger partial charge in [0.05, 0.1) is 6.26 Å². The van der Waals surface area contributed by atoms with Crippen molar-refractivity contribution in [1.82, 2.24) is 14.9 Å². The number of unbranched alkanes of at least 4 members (excludes halogenated alkanes) is 3. The van der Waals surface area contributed by atoms with Gasteiger partial charge in [-0.2, -0.15) is 0 Å². The molecule has 0 unspecified atom stereocenters. The SMILES string of the molecule is C=CCCCCCN(C)C(=NC)NCCCNS(C)(=O)=O. The molecule has 0 saturated carbocycles. The van der Waals surface area contributed by atoms with Gasteiger partial charge in [-0.1, -0.05) is 12.5 Å². The molecular formula is C14H30N4O2S. The van der Waals surface area contributed by atoms with Crippen LogP contribution in [0.2, 0.25) is 0 Å². The van der Waals surface area contributed by atoms with Crippen molar-refractivity contribution >= 4 is 16.0 Å². The smallest absolute Gasteiger partial charge is 0.208 e. The van der Waals surface area contributed by atoms with Gasteiger partial charge >= 0.3 is 0 Å². The Kier molecular flexibility index (Phi) is 11.0. The molecule has 0 saturated heterocycles. The fraction of sp³-hybridized carbons (Fsp3) is 0.786. The topological polar surface area (TPSA) is 73.8 Å². The van der Waals surface area contributed by atoms with Crippen LogP contribution in [0.25, 0.3) is 0 Å². The van der Waals surface area contributed by atoms with E-state index in [1.54, 1.807) is 7.05 Å². The maximum absolute atomic E-state index is 10.9. The summed E-state index contributed by atoms with van der Waals surface area (Å²) in [5.74, 6) is 0.845. The lowest BCUT2D eigenvalue weighted by molar-refractivity contribution is 0.454. The number of guanidine groups is 1. The van der Waals surface area contributed by atoms with E-state index in [0.29, 0.717) is 13.1 Å². The lowest BCUT2D eigenvalue weighted by atomic mass is 10.2. The maximum atomic E-state index is 10.9. The standard InChI is InChI=1S/C14H30N4O2S/c1-5-6-7-8-9-13-18(3)14(15-2)16-11-10-12-17-21(4,19)20/h5,17H,1,6-13H2,2-4H3,(H,15,16). The molecule has 7 heteroatoms. The fourth-order valence-electron chi connectivity index (χ4n) is 1.85. The van der Waals surface area contributed by atoms with E-state index < -0.39 is 10.0 Å². The van der Waals surface area contributed by atoms with E-state index in [-0.39, 0.29) is 0 Å². The Hall–Kier alpha value is -1.08. The molecule has 21 heavy (non-hydrogen) atoms. The predicted octanol–water partition coefficient (Wildman–Crippen LogP) is 1.18. The van der Waals surface area contributed by atoms with Crippen LogP contribution in [0.4, 0.5) is 0 Å². The first-order valence-corrected chi connectivity index (χ1v) is 9.27. The van der Waals surface area contributed by atoms with Crippen molar-refractivity contribution in [1.29, 1.82) is 0 Å². The third-order valence-electron chi connectivity index (χ3n) is 2.98. The fourth-order valence-corrected chi connectivity index (χ4v) is 2.37. The summed E-state index contributed by atoms with van der Waals surface area (Å²) in [4.78, 5) is 6.32. The van der Waals surface area contributed by atoms with Crippen molar-refractivity contribution in [3.8, 4) is 0 Å². The van der Waals surface area contributed by atoms with Gasteiger partial charge in [-0.3, -0.25) is 4.99 Å². The van der Waals surface area contributed by atoms with Gasteiger partial charge in [0, 0.05) is 33.7 Å². The summed E-state index contributed by atoms with van der Waals surface area (Å²) in [5, 5.41) is 3.23. The molecule has 0 heterocycles. The lowest BCUT2D eigenvalue weighted by Crippen LogP contribution is -2.40. The predicted molar refractivity (Wildman–Crippen MR) is 90.1 cm³/mol. The van der Waals surface area contributed by atoms with Gasteiger partial charge in [0.2, 0.25) is 10.0 Å². The zero-order valence-corrected chi connectivity index (χ0v) is 14.4. The second kappa shape index (κ2) is 11.6. The van der Waals surface area contributed by atoms with E-state index >= 15 is 0 Å². The molecule has 0 aromatic carbocycles. The number of allylic oxidation sites excluding steroid dienone is 1. The summed E-state index contributed by atoms with van der Waals surface area (Å²) >= 11 is 0. The first-order valence-electron chi connectivity index (χ1n) is 7.38. The summed E-state index contributed by atoms with van der Waals surface area (Å²) in [6.07, 6.45) is 8.41. The molecule has 0 aliphatic heterocycles. The van der Waals surface area contributed by atoms with Crippen LogP contribution in [0.1, 0.15) is 32.1 Å². The second-order valence-electron chi connectivity index (χ2n) is 5.05. The summed E-state index contributed by atoms with van der Waals surface area (Å²) in [7, 11) is 0.675. The zero-order valence-electron chi connectivity index (χ0n) is 13.6. The van der Waals surface area contributed by atoms with E-state index in [4.69, 9.17) is 0 Å². The van der Waals surface area contributed by atoms with Crippen LogP contribution in [-0.4, -0.2) is 59.3 Å². The summed E-state index contributed by atoms with van der Waals surface area (Å²) in [6, 6.07) is 0. The largest absolute Gasteiger partial charge is 0.356 e. The molecule has 0 aliphatic carbocycles. The number of nitrogens with zero attached hydrogens (tertiary/aromatic N) is 2. The minimum atomic E-state index is -3.09. The molecule has 0 rings (SSSR count). The van der Waals surface area contributed by atoms with Crippen molar-refractivity contribution in [3.63, 3.8) is 0 Å². The van der Waals surface area contributed by atoms with Crippen LogP contribution in [0.5, 0.6) is 0 Å².